The molecule has 0 bridgehead atoms. The van der Waals surface area contributed by atoms with E-state index in [1.54, 1.807) is 12.1 Å². The second-order valence-corrected chi connectivity index (χ2v) is 8.37. The molecule has 0 saturated carbocycles. The van der Waals surface area contributed by atoms with Gasteiger partial charge in [-0.2, -0.15) is 0 Å². The quantitative estimate of drug-likeness (QED) is 0.641. The Hall–Kier alpha value is -2.27. The average Bonchev–Trinajstić information content (AvgIpc) is 3.16. The number of likely N-dealkylation sites (tertiary alicyclic amines) is 1. The lowest BCUT2D eigenvalue weighted by molar-refractivity contribution is 0.0413. The molecule has 2 heterocycles. The molecule has 0 unspecified atom stereocenters. The zero-order valence-electron chi connectivity index (χ0n) is 17.2. The van der Waals surface area contributed by atoms with Gasteiger partial charge in [-0.05, 0) is 61.2 Å². The van der Waals surface area contributed by atoms with E-state index < -0.39 is 5.97 Å². The summed E-state index contributed by atoms with van der Waals surface area (Å²) in [5.74, 6) is 1.18. The summed E-state index contributed by atoms with van der Waals surface area (Å²) >= 11 is 0. The number of carbonyl (C=O) groups excluding carboxylic acids is 1. The molecule has 1 aromatic carbocycles. The number of ether oxygens (including phenoxy) is 2. The number of carbonyl (C=O) groups is 1. The molecule has 5 nitrogen and oxygen atoms in total. The van der Waals surface area contributed by atoms with E-state index in [1.165, 1.54) is 24.8 Å². The van der Waals surface area contributed by atoms with Gasteiger partial charge in [0.05, 0.1) is 0 Å². The van der Waals surface area contributed by atoms with Crippen molar-refractivity contribution in [2.45, 2.75) is 52.1 Å². The summed E-state index contributed by atoms with van der Waals surface area (Å²) in [6.45, 7) is 10.2. The van der Waals surface area contributed by atoms with E-state index in [2.05, 4.69) is 37.8 Å². The first-order valence-corrected chi connectivity index (χ1v) is 10.1. The van der Waals surface area contributed by atoms with Crippen molar-refractivity contribution in [1.29, 1.82) is 0 Å². The normalized spacial score (nSPS) is 15.4. The van der Waals surface area contributed by atoms with Crippen LogP contribution < -0.4 is 4.74 Å². The van der Waals surface area contributed by atoms with E-state index >= 15 is 0 Å². The molecule has 5 heteroatoms. The monoisotopic (exact) mass is 385 g/mol. The second kappa shape index (κ2) is 9.28. The van der Waals surface area contributed by atoms with Gasteiger partial charge in [-0.3, -0.25) is 4.90 Å². The van der Waals surface area contributed by atoms with Crippen LogP contribution in [0.3, 0.4) is 0 Å². The van der Waals surface area contributed by atoms with E-state index in [4.69, 9.17) is 13.9 Å². The molecular weight excluding hydrogens is 354 g/mol. The molecule has 0 spiro atoms. The van der Waals surface area contributed by atoms with Crippen molar-refractivity contribution in [2.24, 2.45) is 0 Å². The van der Waals surface area contributed by atoms with Gasteiger partial charge in [-0.15, -0.1) is 0 Å². The minimum atomic E-state index is -0.419. The lowest BCUT2D eigenvalue weighted by Crippen LogP contribution is -2.33. The minimum Gasteiger partial charge on any atom is -0.486 e. The van der Waals surface area contributed by atoms with Gasteiger partial charge in [-0.25, -0.2) is 4.79 Å². The Balaban J connectivity index is 1.43. The van der Waals surface area contributed by atoms with Crippen molar-refractivity contribution in [3.05, 3.63) is 53.5 Å². The van der Waals surface area contributed by atoms with Gasteiger partial charge in [0.25, 0.3) is 0 Å². The number of furan rings is 1. The molecule has 0 atom stereocenters. The van der Waals surface area contributed by atoms with Crippen LogP contribution in [0.1, 0.15) is 61.9 Å². The number of piperidine rings is 1. The molecule has 0 aliphatic carbocycles. The number of nitrogens with zero attached hydrogens (tertiary/aromatic N) is 1. The summed E-state index contributed by atoms with van der Waals surface area (Å²) < 4.78 is 16.7. The molecule has 0 amide bonds. The maximum Gasteiger partial charge on any atom is 0.374 e. The van der Waals surface area contributed by atoms with E-state index in [-0.39, 0.29) is 17.8 Å². The average molecular weight is 386 g/mol. The van der Waals surface area contributed by atoms with Crippen molar-refractivity contribution < 1.29 is 18.7 Å². The number of hydrogen-bond acceptors (Lipinski definition) is 5. The van der Waals surface area contributed by atoms with E-state index in [9.17, 15) is 4.79 Å². The van der Waals surface area contributed by atoms with Crippen molar-refractivity contribution in [3.8, 4) is 5.75 Å². The van der Waals surface area contributed by atoms with Crippen LogP contribution in [0.15, 0.2) is 40.8 Å². The van der Waals surface area contributed by atoms with Gasteiger partial charge < -0.3 is 13.9 Å². The van der Waals surface area contributed by atoms with Gasteiger partial charge in [0.15, 0.2) is 0 Å². The molecule has 1 aromatic heterocycles. The third kappa shape index (κ3) is 5.86. The number of hydrogen-bond donors (Lipinski definition) is 0. The topological polar surface area (TPSA) is 51.9 Å². The Bertz CT molecular complexity index is 752. The second-order valence-electron chi connectivity index (χ2n) is 8.37. The SMILES string of the molecule is CC(C)(C)c1ccc(OCc2ccc(C(=O)OCCN3CCCCC3)o2)cc1. The highest BCUT2D eigenvalue weighted by atomic mass is 16.5. The third-order valence-corrected chi connectivity index (χ3v) is 5.05. The van der Waals surface area contributed by atoms with Crippen LogP contribution in [0, 0.1) is 0 Å². The van der Waals surface area contributed by atoms with Crippen LogP contribution >= 0.6 is 0 Å². The van der Waals surface area contributed by atoms with Crippen molar-refractivity contribution >= 4 is 5.97 Å². The molecule has 0 radical (unpaired) electrons. The summed E-state index contributed by atoms with van der Waals surface area (Å²) in [7, 11) is 0. The van der Waals surface area contributed by atoms with Crippen molar-refractivity contribution in [3.63, 3.8) is 0 Å². The summed E-state index contributed by atoms with van der Waals surface area (Å²) in [5.41, 5.74) is 1.37. The fourth-order valence-electron chi connectivity index (χ4n) is 3.29. The van der Waals surface area contributed by atoms with Gasteiger partial charge in [0.1, 0.15) is 24.7 Å². The first-order chi connectivity index (χ1) is 13.4. The molecule has 2 aromatic rings. The summed E-state index contributed by atoms with van der Waals surface area (Å²) in [6, 6.07) is 11.5. The number of rotatable bonds is 7. The molecule has 28 heavy (non-hydrogen) atoms. The maximum absolute atomic E-state index is 12.1. The molecule has 152 valence electrons. The molecule has 1 aliphatic rings. The lowest BCUT2D eigenvalue weighted by atomic mass is 9.87. The Kier molecular flexibility index (Phi) is 6.79. The molecule has 0 N–H and O–H groups in total. The highest BCUT2D eigenvalue weighted by Crippen LogP contribution is 2.24. The first-order valence-electron chi connectivity index (χ1n) is 10.1. The Morgan fingerprint density at radius 2 is 1.75 bits per heavy atom. The van der Waals surface area contributed by atoms with Crippen LogP contribution in [0.4, 0.5) is 0 Å². The number of benzene rings is 1. The van der Waals surface area contributed by atoms with Crippen molar-refractivity contribution in [2.75, 3.05) is 26.2 Å². The predicted molar refractivity (Wildman–Crippen MR) is 109 cm³/mol. The standard InChI is InChI=1S/C23H31NO4/c1-23(2,3)18-7-9-19(10-8-18)27-17-20-11-12-21(28-20)22(25)26-16-15-24-13-5-4-6-14-24/h7-12H,4-6,13-17H2,1-3H3. The summed E-state index contributed by atoms with van der Waals surface area (Å²) in [5, 5.41) is 0. The third-order valence-electron chi connectivity index (χ3n) is 5.05. The van der Waals surface area contributed by atoms with Crippen molar-refractivity contribution in [1.82, 2.24) is 4.90 Å². The fraction of sp³-hybridized carbons (Fsp3) is 0.522. The highest BCUT2D eigenvalue weighted by Gasteiger charge is 2.16. The zero-order chi connectivity index (χ0) is 20.0. The smallest absolute Gasteiger partial charge is 0.374 e. The molecule has 1 fully saturated rings. The highest BCUT2D eigenvalue weighted by molar-refractivity contribution is 5.86. The molecular formula is C23H31NO4. The van der Waals surface area contributed by atoms with E-state index in [1.807, 2.05) is 12.1 Å². The van der Waals surface area contributed by atoms with Crippen LogP contribution in [0.5, 0.6) is 5.75 Å². The van der Waals surface area contributed by atoms with Gasteiger partial charge in [0.2, 0.25) is 5.76 Å². The van der Waals surface area contributed by atoms with Gasteiger partial charge in [-0.1, -0.05) is 39.3 Å². The van der Waals surface area contributed by atoms with Gasteiger partial charge in [0, 0.05) is 6.54 Å². The lowest BCUT2D eigenvalue weighted by Gasteiger charge is -2.25. The minimum absolute atomic E-state index is 0.114. The largest absolute Gasteiger partial charge is 0.486 e. The molecule has 1 saturated heterocycles. The Labute approximate surface area is 167 Å². The van der Waals surface area contributed by atoms with Crippen LogP contribution in [-0.2, 0) is 16.8 Å². The Morgan fingerprint density at radius 3 is 2.43 bits per heavy atom. The summed E-state index contributed by atoms with van der Waals surface area (Å²) in [6.07, 6.45) is 3.76. The van der Waals surface area contributed by atoms with Crippen LogP contribution in [-0.4, -0.2) is 37.1 Å². The van der Waals surface area contributed by atoms with Crippen LogP contribution in [0.25, 0.3) is 0 Å². The maximum atomic E-state index is 12.1. The Morgan fingerprint density at radius 1 is 1.04 bits per heavy atom. The molecule has 3 rings (SSSR count). The van der Waals surface area contributed by atoms with E-state index in [0.29, 0.717) is 12.4 Å². The number of esters is 1. The fourth-order valence-corrected chi connectivity index (χ4v) is 3.29. The molecule has 1 aliphatic heterocycles. The summed E-state index contributed by atoms with van der Waals surface area (Å²) in [4.78, 5) is 14.5. The van der Waals surface area contributed by atoms with E-state index in [0.717, 1.165) is 25.4 Å². The van der Waals surface area contributed by atoms with Crippen LogP contribution in [0.2, 0.25) is 0 Å². The predicted octanol–water partition coefficient (Wildman–Crippen LogP) is 4.80. The van der Waals surface area contributed by atoms with Gasteiger partial charge >= 0.3 is 5.97 Å². The first kappa shape index (κ1) is 20.5. The zero-order valence-corrected chi connectivity index (χ0v) is 17.2.